The zero-order valence-electron chi connectivity index (χ0n) is 24.9. The Morgan fingerprint density at radius 3 is 1.90 bits per heavy atom. The first kappa shape index (κ1) is 37.0. The fraction of sp³-hybridized carbons (Fsp3) is 0.448. The number of piperidine rings is 1. The number of allylic oxidation sites excluding steroid dienone is 3. The van der Waals surface area contributed by atoms with Gasteiger partial charge in [-0.25, -0.2) is 16.9 Å². The van der Waals surface area contributed by atoms with Gasteiger partial charge in [0.15, 0.2) is 0 Å². The number of aliphatic hydroxyl groups excluding tert-OH is 1. The van der Waals surface area contributed by atoms with E-state index in [1.807, 2.05) is 68.5 Å². The molecule has 230 valence electrons. The maximum absolute atomic E-state index is 13.4. The van der Waals surface area contributed by atoms with Gasteiger partial charge in [0.05, 0.1) is 16.4 Å². The molecule has 0 saturated carbocycles. The second-order valence-corrected chi connectivity index (χ2v) is 12.9. The van der Waals surface area contributed by atoms with Crippen LogP contribution in [0.25, 0.3) is 0 Å². The Kier molecular flexibility index (Phi) is 16.7. The molecule has 2 fully saturated rings. The fourth-order valence-corrected chi connectivity index (χ4v) is 7.49. The van der Waals surface area contributed by atoms with E-state index in [1.54, 1.807) is 31.3 Å². The van der Waals surface area contributed by atoms with Crippen molar-refractivity contribution in [1.82, 2.24) is 8.61 Å². The van der Waals surface area contributed by atoms with Crippen molar-refractivity contribution < 1.29 is 22.5 Å². The van der Waals surface area contributed by atoms with Gasteiger partial charge in [0.1, 0.15) is 16.7 Å². The van der Waals surface area contributed by atoms with Crippen LogP contribution in [0.2, 0.25) is 0 Å². The van der Waals surface area contributed by atoms with Gasteiger partial charge >= 0.3 is 0 Å². The topological polar surface area (TPSA) is 111 Å². The van der Waals surface area contributed by atoms with Crippen molar-refractivity contribution in [2.45, 2.75) is 49.1 Å². The monoisotopic (exact) mass is 672 g/mol. The Balaban J connectivity index is 0.000000737. The summed E-state index contributed by atoms with van der Waals surface area (Å²) in [6, 6.07) is 14.2. The Labute approximate surface area is 257 Å². The highest BCUT2D eigenvalue weighted by Gasteiger charge is 2.51. The lowest BCUT2D eigenvalue weighted by atomic mass is 10.0. The summed E-state index contributed by atoms with van der Waals surface area (Å²) in [5.74, 6) is 0. The van der Waals surface area contributed by atoms with E-state index in [0.717, 1.165) is 27.9 Å². The lowest BCUT2D eigenvalue weighted by Gasteiger charge is -2.42. The second kappa shape index (κ2) is 18.5. The summed E-state index contributed by atoms with van der Waals surface area (Å²) >= 11 is 3.15. The van der Waals surface area contributed by atoms with Crippen molar-refractivity contribution >= 4 is 48.3 Å². The fourth-order valence-electron chi connectivity index (χ4n) is 4.32. The van der Waals surface area contributed by atoms with Crippen molar-refractivity contribution in [1.29, 1.82) is 0 Å². The molecular weight excluding hydrogens is 628 g/mol. The highest BCUT2D eigenvalue weighted by atomic mass is 79.9. The number of hydrogen-bond donors (Lipinski definition) is 3. The molecule has 0 aromatic heterocycles. The van der Waals surface area contributed by atoms with Crippen molar-refractivity contribution in [3.8, 4) is 0 Å². The standard InChI is InChI=1S/C21H28N4O4S2.C5H7Br.C2H6.CH4O/c1-22-17-3-7-19(8-4-17)30(26)24-13-11-21(12-14-24)25(15-16-29-21)31(27,28)20-9-5-18(23-2)6-10-20;1-3-4-5(2)6;2*1-2/h3-10,22-23H,11-16H2,1-2H3;3-4H,2H2,1H3;1-2H3;2H,1H3/b;4-3-;;. The second-order valence-electron chi connectivity index (χ2n) is 8.55. The third kappa shape index (κ3) is 10.0. The van der Waals surface area contributed by atoms with Gasteiger partial charge in [0, 0.05) is 69.5 Å². The molecule has 1 atom stereocenters. The van der Waals surface area contributed by atoms with Crippen LogP contribution in [0.1, 0.15) is 33.6 Å². The third-order valence-corrected chi connectivity index (χ3v) is 10.0. The molecule has 3 N–H and O–H groups in total. The summed E-state index contributed by atoms with van der Waals surface area (Å²) in [5, 5.41) is 13.0. The quantitative estimate of drug-likeness (QED) is 0.337. The molecule has 4 rings (SSSR count). The Morgan fingerprint density at radius 1 is 1.00 bits per heavy atom. The summed E-state index contributed by atoms with van der Waals surface area (Å²) in [7, 11) is -0.353. The van der Waals surface area contributed by atoms with Gasteiger partial charge in [-0.05, 0) is 55.5 Å². The molecule has 1 unspecified atom stereocenters. The molecule has 0 aliphatic carbocycles. The van der Waals surface area contributed by atoms with Crippen molar-refractivity contribution in [2.24, 2.45) is 0 Å². The number of rotatable bonds is 7. The van der Waals surface area contributed by atoms with Crippen LogP contribution >= 0.6 is 15.9 Å². The number of sulfonamides is 1. The van der Waals surface area contributed by atoms with Gasteiger partial charge in [-0.2, -0.15) is 4.31 Å². The van der Waals surface area contributed by atoms with Crippen LogP contribution in [0.5, 0.6) is 0 Å². The highest BCUT2D eigenvalue weighted by molar-refractivity contribution is 9.11. The van der Waals surface area contributed by atoms with Crippen LogP contribution in [0, 0.1) is 0 Å². The first-order chi connectivity index (χ1) is 19.7. The number of halogens is 1. The zero-order chi connectivity index (χ0) is 31.1. The van der Waals surface area contributed by atoms with Gasteiger partial charge in [-0.3, -0.25) is 0 Å². The van der Waals surface area contributed by atoms with E-state index < -0.39 is 26.7 Å². The van der Waals surface area contributed by atoms with Crippen molar-refractivity contribution in [2.75, 3.05) is 58.1 Å². The number of anilines is 2. The molecule has 2 saturated heterocycles. The molecule has 41 heavy (non-hydrogen) atoms. The number of nitrogens with zero attached hydrogens (tertiary/aromatic N) is 2. The maximum atomic E-state index is 13.4. The molecule has 2 heterocycles. The molecule has 1 spiro atoms. The van der Waals surface area contributed by atoms with Gasteiger partial charge in [-0.1, -0.05) is 48.5 Å². The summed E-state index contributed by atoms with van der Waals surface area (Å²) in [5.41, 5.74) is 0.933. The number of benzene rings is 2. The summed E-state index contributed by atoms with van der Waals surface area (Å²) < 4.78 is 50.0. The number of ether oxygens (including phenoxy) is 1. The van der Waals surface area contributed by atoms with Crippen LogP contribution in [-0.4, -0.2) is 79.5 Å². The van der Waals surface area contributed by atoms with Crippen LogP contribution < -0.4 is 10.6 Å². The van der Waals surface area contributed by atoms with Gasteiger partial charge in [-0.15, -0.1) is 0 Å². The first-order valence-corrected chi connectivity index (χ1v) is 16.8. The summed E-state index contributed by atoms with van der Waals surface area (Å²) in [6.45, 7) is 11.2. The molecule has 2 aliphatic heterocycles. The number of nitrogens with one attached hydrogen (secondary N) is 2. The van der Waals surface area contributed by atoms with E-state index in [0.29, 0.717) is 39.1 Å². The molecule has 0 amide bonds. The minimum atomic E-state index is -3.69. The smallest absolute Gasteiger partial charge is 0.245 e. The van der Waals surface area contributed by atoms with E-state index in [-0.39, 0.29) is 4.90 Å². The Hall–Kier alpha value is -2.06. The minimum absolute atomic E-state index is 0.256. The van der Waals surface area contributed by atoms with E-state index in [4.69, 9.17) is 9.84 Å². The lowest BCUT2D eigenvalue weighted by molar-refractivity contribution is -0.0802. The van der Waals surface area contributed by atoms with E-state index >= 15 is 0 Å². The van der Waals surface area contributed by atoms with Crippen LogP contribution in [0.4, 0.5) is 11.4 Å². The van der Waals surface area contributed by atoms with Crippen LogP contribution in [0.15, 0.2) is 81.5 Å². The van der Waals surface area contributed by atoms with Gasteiger partial charge in [0.2, 0.25) is 10.0 Å². The molecule has 2 aromatic carbocycles. The maximum Gasteiger partial charge on any atom is 0.245 e. The number of hydrogen-bond acceptors (Lipinski definition) is 7. The Bertz CT molecular complexity index is 1210. The molecular formula is C29H45BrN4O5S2. The summed E-state index contributed by atoms with van der Waals surface area (Å²) in [6.07, 6.45) is 4.76. The van der Waals surface area contributed by atoms with Gasteiger partial charge in [0.25, 0.3) is 0 Å². The normalized spacial score (nSPS) is 17.3. The molecule has 0 radical (unpaired) electrons. The summed E-state index contributed by atoms with van der Waals surface area (Å²) in [4.78, 5) is 0.989. The molecule has 0 bridgehead atoms. The van der Waals surface area contributed by atoms with Gasteiger partial charge < -0.3 is 20.5 Å². The van der Waals surface area contributed by atoms with E-state index in [9.17, 15) is 12.6 Å². The molecule has 12 heteroatoms. The Morgan fingerprint density at radius 2 is 1.49 bits per heavy atom. The van der Waals surface area contributed by atoms with Crippen LogP contribution in [0.3, 0.4) is 0 Å². The zero-order valence-corrected chi connectivity index (χ0v) is 28.1. The number of aliphatic hydroxyl groups is 1. The first-order valence-electron chi connectivity index (χ1n) is 13.5. The largest absolute Gasteiger partial charge is 0.400 e. The van der Waals surface area contributed by atoms with Crippen molar-refractivity contribution in [3.63, 3.8) is 0 Å². The molecule has 2 aromatic rings. The predicted molar refractivity (Wildman–Crippen MR) is 174 cm³/mol. The van der Waals surface area contributed by atoms with Crippen LogP contribution in [-0.2, 0) is 25.7 Å². The molecule has 2 aliphatic rings. The van der Waals surface area contributed by atoms with E-state index in [2.05, 4.69) is 33.1 Å². The highest BCUT2D eigenvalue weighted by Crippen LogP contribution is 2.39. The minimum Gasteiger partial charge on any atom is -0.400 e. The van der Waals surface area contributed by atoms with E-state index in [1.165, 1.54) is 4.31 Å². The average molecular weight is 674 g/mol. The van der Waals surface area contributed by atoms with Crippen molar-refractivity contribution in [3.05, 3.63) is 71.7 Å². The SMILES string of the molecule is C=C(Br)/C=C\C.CC.CNc1ccc(S(=O)N2CCC3(CC2)OCCN3S(=O)(=O)c2ccc(NC)cc2)cc1.CO. The lowest BCUT2D eigenvalue weighted by Crippen LogP contribution is -2.54. The molecule has 9 nitrogen and oxygen atoms in total. The third-order valence-electron chi connectivity index (χ3n) is 6.28. The predicted octanol–water partition coefficient (Wildman–Crippen LogP) is 5.41. The average Bonchev–Trinajstić information content (AvgIpc) is 3.43.